The third-order valence-electron chi connectivity index (χ3n) is 3.78. The van der Waals surface area contributed by atoms with Crippen LogP contribution in [0.5, 0.6) is 5.75 Å². The summed E-state index contributed by atoms with van der Waals surface area (Å²) in [5.41, 5.74) is 1.98. The third-order valence-corrected chi connectivity index (χ3v) is 3.78. The van der Waals surface area contributed by atoms with Gasteiger partial charge in [0.2, 0.25) is 0 Å². The van der Waals surface area contributed by atoms with Gasteiger partial charge in [0.05, 0.1) is 24.2 Å². The van der Waals surface area contributed by atoms with Gasteiger partial charge >= 0.3 is 5.69 Å². The quantitative estimate of drug-likeness (QED) is 0.533. The van der Waals surface area contributed by atoms with Crippen molar-refractivity contribution in [3.05, 3.63) is 69.3 Å². The molecule has 144 valence electrons. The molecule has 0 aliphatic heterocycles. The van der Waals surface area contributed by atoms with Crippen molar-refractivity contribution >= 4 is 11.6 Å². The molecule has 0 unspecified atom stereocenters. The molecule has 0 saturated heterocycles. The van der Waals surface area contributed by atoms with Gasteiger partial charge in [0.25, 0.3) is 5.91 Å². The van der Waals surface area contributed by atoms with E-state index >= 15 is 0 Å². The smallest absolute Gasteiger partial charge is 0.311 e. The zero-order valence-corrected chi connectivity index (χ0v) is 15.7. The second kappa shape index (κ2) is 9.68. The first-order chi connectivity index (χ1) is 12.9. The number of rotatable bonds is 9. The summed E-state index contributed by atoms with van der Waals surface area (Å²) in [6, 6.07) is 11.9. The number of carbonyl (C=O) groups is 1. The molecule has 0 aliphatic carbocycles. The lowest BCUT2D eigenvalue weighted by Crippen LogP contribution is -2.22. The Kier molecular flexibility index (Phi) is 7.31. The number of hydrogen-bond donors (Lipinski definition) is 1. The number of nitro benzene ring substituents is 1. The molecule has 2 aromatic rings. The van der Waals surface area contributed by atoms with Gasteiger partial charge in [0, 0.05) is 18.2 Å². The molecular formula is C20H24N2O5. The van der Waals surface area contributed by atoms with E-state index in [9.17, 15) is 14.9 Å². The SMILES string of the molecule is CCOc1ccc(C(=O)NCc2ccc(COC(C)C)cc2)cc1[N+](=O)[O-]. The Hall–Kier alpha value is -2.93. The van der Waals surface area contributed by atoms with Gasteiger partial charge in [0.1, 0.15) is 0 Å². The van der Waals surface area contributed by atoms with Gasteiger partial charge in [-0.05, 0) is 44.0 Å². The van der Waals surface area contributed by atoms with Crippen LogP contribution in [0.4, 0.5) is 5.69 Å². The topological polar surface area (TPSA) is 90.7 Å². The highest BCUT2D eigenvalue weighted by atomic mass is 16.6. The minimum atomic E-state index is -0.556. The van der Waals surface area contributed by atoms with E-state index in [1.54, 1.807) is 6.92 Å². The van der Waals surface area contributed by atoms with E-state index in [-0.39, 0.29) is 29.0 Å². The van der Waals surface area contributed by atoms with Gasteiger partial charge in [-0.1, -0.05) is 24.3 Å². The molecule has 0 fully saturated rings. The molecule has 27 heavy (non-hydrogen) atoms. The lowest BCUT2D eigenvalue weighted by Gasteiger charge is -2.09. The Bertz CT molecular complexity index is 787. The first-order valence-corrected chi connectivity index (χ1v) is 8.79. The predicted octanol–water partition coefficient (Wildman–Crippen LogP) is 3.85. The Balaban J connectivity index is 1.99. The Morgan fingerprint density at radius 2 is 1.81 bits per heavy atom. The molecule has 0 radical (unpaired) electrons. The Labute approximate surface area is 158 Å². The van der Waals surface area contributed by atoms with Crippen LogP contribution in [0.1, 0.15) is 42.3 Å². The summed E-state index contributed by atoms with van der Waals surface area (Å²) < 4.78 is 10.8. The van der Waals surface area contributed by atoms with Crippen LogP contribution in [-0.4, -0.2) is 23.5 Å². The summed E-state index contributed by atoms with van der Waals surface area (Å²) in [6.07, 6.45) is 0.169. The van der Waals surface area contributed by atoms with Gasteiger partial charge in [-0.25, -0.2) is 0 Å². The van der Waals surface area contributed by atoms with Crippen LogP contribution in [-0.2, 0) is 17.9 Å². The molecule has 0 atom stereocenters. The van der Waals surface area contributed by atoms with Crippen LogP contribution in [0, 0.1) is 10.1 Å². The average Bonchev–Trinajstić information content (AvgIpc) is 2.65. The zero-order valence-electron chi connectivity index (χ0n) is 15.7. The summed E-state index contributed by atoms with van der Waals surface area (Å²) in [5, 5.41) is 13.9. The summed E-state index contributed by atoms with van der Waals surface area (Å²) >= 11 is 0. The van der Waals surface area contributed by atoms with Crippen molar-refractivity contribution < 1.29 is 19.2 Å². The number of nitro groups is 1. The summed E-state index contributed by atoms with van der Waals surface area (Å²) in [4.78, 5) is 22.9. The van der Waals surface area contributed by atoms with Gasteiger partial charge in [0.15, 0.2) is 5.75 Å². The second-order valence-electron chi connectivity index (χ2n) is 6.23. The van der Waals surface area contributed by atoms with Crippen molar-refractivity contribution in [1.29, 1.82) is 0 Å². The summed E-state index contributed by atoms with van der Waals surface area (Å²) in [5.74, 6) is -0.230. The molecular weight excluding hydrogens is 348 g/mol. The molecule has 0 saturated carbocycles. The predicted molar refractivity (Wildman–Crippen MR) is 102 cm³/mol. The van der Waals surface area contributed by atoms with E-state index in [1.165, 1.54) is 18.2 Å². The lowest BCUT2D eigenvalue weighted by atomic mass is 10.1. The molecule has 1 amide bonds. The van der Waals surface area contributed by atoms with Crippen molar-refractivity contribution in [2.24, 2.45) is 0 Å². The van der Waals surface area contributed by atoms with E-state index < -0.39 is 4.92 Å². The van der Waals surface area contributed by atoms with Crippen LogP contribution in [0.25, 0.3) is 0 Å². The molecule has 0 spiro atoms. The first-order valence-electron chi connectivity index (χ1n) is 8.79. The number of benzene rings is 2. The molecule has 0 bridgehead atoms. The monoisotopic (exact) mass is 372 g/mol. The molecule has 1 N–H and O–H groups in total. The van der Waals surface area contributed by atoms with E-state index in [1.807, 2.05) is 38.1 Å². The van der Waals surface area contributed by atoms with Crippen LogP contribution < -0.4 is 10.1 Å². The Morgan fingerprint density at radius 3 is 2.41 bits per heavy atom. The Morgan fingerprint density at radius 1 is 1.15 bits per heavy atom. The van der Waals surface area contributed by atoms with Crippen LogP contribution in [0.15, 0.2) is 42.5 Å². The molecule has 2 aromatic carbocycles. The molecule has 0 aromatic heterocycles. The van der Waals surface area contributed by atoms with E-state index in [2.05, 4.69) is 5.32 Å². The average molecular weight is 372 g/mol. The van der Waals surface area contributed by atoms with Crippen LogP contribution in [0.3, 0.4) is 0 Å². The first kappa shape index (κ1) is 20.4. The number of nitrogens with zero attached hydrogens (tertiary/aromatic N) is 1. The van der Waals surface area contributed by atoms with Crippen molar-refractivity contribution in [2.75, 3.05) is 6.61 Å². The van der Waals surface area contributed by atoms with Gasteiger partial charge in [-0.15, -0.1) is 0 Å². The second-order valence-corrected chi connectivity index (χ2v) is 6.23. The van der Waals surface area contributed by atoms with Crippen molar-refractivity contribution in [3.8, 4) is 5.75 Å². The van der Waals surface area contributed by atoms with Gasteiger partial charge in [-0.3, -0.25) is 14.9 Å². The van der Waals surface area contributed by atoms with E-state index in [0.717, 1.165) is 11.1 Å². The fourth-order valence-corrected chi connectivity index (χ4v) is 2.38. The highest BCUT2D eigenvalue weighted by Crippen LogP contribution is 2.28. The van der Waals surface area contributed by atoms with E-state index in [4.69, 9.17) is 9.47 Å². The van der Waals surface area contributed by atoms with E-state index in [0.29, 0.717) is 19.8 Å². The largest absolute Gasteiger partial charge is 0.487 e. The third kappa shape index (κ3) is 6.07. The van der Waals surface area contributed by atoms with Crippen LogP contribution in [0.2, 0.25) is 0 Å². The maximum Gasteiger partial charge on any atom is 0.311 e. The molecule has 0 aliphatic rings. The fraction of sp³-hybridized carbons (Fsp3) is 0.350. The maximum absolute atomic E-state index is 12.3. The summed E-state index contributed by atoms with van der Waals surface area (Å²) in [6.45, 7) is 6.88. The van der Waals surface area contributed by atoms with Gasteiger partial charge in [-0.2, -0.15) is 0 Å². The maximum atomic E-state index is 12.3. The van der Waals surface area contributed by atoms with Crippen molar-refractivity contribution in [1.82, 2.24) is 5.32 Å². The number of carbonyl (C=O) groups excluding carboxylic acids is 1. The molecule has 2 rings (SSSR count). The normalized spacial score (nSPS) is 10.7. The number of nitrogens with one attached hydrogen (secondary N) is 1. The minimum absolute atomic E-state index is 0.151. The van der Waals surface area contributed by atoms with Crippen LogP contribution >= 0.6 is 0 Å². The van der Waals surface area contributed by atoms with Crippen molar-refractivity contribution in [2.45, 2.75) is 40.0 Å². The zero-order chi connectivity index (χ0) is 19.8. The van der Waals surface area contributed by atoms with Gasteiger partial charge < -0.3 is 14.8 Å². The summed E-state index contributed by atoms with van der Waals surface area (Å²) in [7, 11) is 0. The fourth-order valence-electron chi connectivity index (χ4n) is 2.38. The molecule has 7 heteroatoms. The number of ether oxygens (including phenoxy) is 2. The number of amides is 1. The number of hydrogen-bond acceptors (Lipinski definition) is 5. The standard InChI is InChI=1S/C20H24N2O5/c1-4-26-19-10-9-17(11-18(19)22(24)25)20(23)21-12-15-5-7-16(8-6-15)13-27-14(2)3/h5-11,14H,4,12-13H2,1-3H3,(H,21,23). The lowest BCUT2D eigenvalue weighted by molar-refractivity contribution is -0.385. The molecule has 0 heterocycles. The minimum Gasteiger partial charge on any atom is -0.487 e. The molecule has 7 nitrogen and oxygen atoms in total. The highest BCUT2D eigenvalue weighted by molar-refractivity contribution is 5.95. The van der Waals surface area contributed by atoms with Crippen molar-refractivity contribution in [3.63, 3.8) is 0 Å². The highest BCUT2D eigenvalue weighted by Gasteiger charge is 2.18.